The van der Waals surface area contributed by atoms with Gasteiger partial charge >= 0.3 is 0 Å². The molecule has 104 valence electrons. The smallest absolute Gasteiger partial charge is 0.0730 e. The van der Waals surface area contributed by atoms with Crippen LogP contribution in [-0.2, 0) is 4.74 Å². The number of hydrogen-bond acceptors (Lipinski definition) is 4. The molecule has 1 aliphatic heterocycles. The molecule has 3 rings (SSSR count). The number of aliphatic hydroxyl groups excluding tert-OH is 1. The molecule has 0 radical (unpaired) electrons. The normalized spacial score (nSPS) is 36.3. The van der Waals surface area contributed by atoms with Crippen molar-refractivity contribution in [2.45, 2.75) is 62.8 Å². The van der Waals surface area contributed by atoms with E-state index in [0.29, 0.717) is 18.2 Å². The maximum atomic E-state index is 9.71. The molecule has 0 bridgehead atoms. The van der Waals surface area contributed by atoms with Crippen molar-refractivity contribution in [3.8, 4) is 0 Å². The lowest BCUT2D eigenvalue weighted by molar-refractivity contribution is -0.0662. The molecule has 0 aromatic heterocycles. The van der Waals surface area contributed by atoms with E-state index in [0.717, 1.165) is 19.7 Å². The van der Waals surface area contributed by atoms with E-state index in [1.807, 2.05) is 0 Å². The van der Waals surface area contributed by atoms with Gasteiger partial charge in [-0.2, -0.15) is 0 Å². The second-order valence-corrected chi connectivity index (χ2v) is 6.52. The number of ether oxygens (including phenoxy) is 1. The van der Waals surface area contributed by atoms with Crippen LogP contribution in [0.5, 0.6) is 0 Å². The maximum Gasteiger partial charge on any atom is 0.0730 e. The molecule has 1 heterocycles. The summed E-state index contributed by atoms with van der Waals surface area (Å²) in [5.41, 5.74) is -0.147. The van der Waals surface area contributed by atoms with E-state index < -0.39 is 0 Å². The monoisotopic (exact) mass is 254 g/mol. The Balaban J connectivity index is 1.62. The number of rotatable bonds is 5. The first-order valence-corrected chi connectivity index (χ1v) is 7.44. The lowest BCUT2D eigenvalue weighted by Crippen LogP contribution is -2.59. The van der Waals surface area contributed by atoms with Gasteiger partial charge in [0.2, 0.25) is 0 Å². The van der Waals surface area contributed by atoms with Crippen LogP contribution in [0.1, 0.15) is 39.0 Å². The Kier molecular flexibility index (Phi) is 3.63. The van der Waals surface area contributed by atoms with Crippen LogP contribution in [0.2, 0.25) is 0 Å². The standard InChI is InChI=1S/C14H26N2O2/c1-14(10-17,15-11-5-6-11)9-16-7-8-18-13-4-2-3-12(13)16/h11-13,15,17H,2-10H2,1H3. The Labute approximate surface area is 110 Å². The summed E-state index contributed by atoms with van der Waals surface area (Å²) >= 11 is 0. The Morgan fingerprint density at radius 2 is 2.17 bits per heavy atom. The highest BCUT2D eigenvalue weighted by atomic mass is 16.5. The number of nitrogens with one attached hydrogen (secondary N) is 1. The van der Waals surface area contributed by atoms with Crippen LogP contribution in [-0.4, -0.2) is 60.0 Å². The van der Waals surface area contributed by atoms with E-state index in [-0.39, 0.29) is 12.1 Å². The molecule has 0 aromatic rings. The van der Waals surface area contributed by atoms with Crippen molar-refractivity contribution < 1.29 is 9.84 Å². The predicted octanol–water partition coefficient (Wildman–Crippen LogP) is 0.743. The van der Waals surface area contributed by atoms with Gasteiger partial charge in [-0.25, -0.2) is 0 Å². The summed E-state index contributed by atoms with van der Waals surface area (Å²) in [6, 6.07) is 1.23. The average Bonchev–Trinajstić information content (AvgIpc) is 3.03. The predicted molar refractivity (Wildman–Crippen MR) is 70.6 cm³/mol. The molecule has 3 fully saturated rings. The van der Waals surface area contributed by atoms with Gasteiger partial charge in [0, 0.05) is 25.2 Å². The molecule has 1 saturated heterocycles. The third-order valence-corrected chi connectivity index (χ3v) is 4.63. The lowest BCUT2D eigenvalue weighted by atomic mass is 10.00. The van der Waals surface area contributed by atoms with E-state index in [1.54, 1.807) is 0 Å². The molecule has 3 aliphatic rings. The Hall–Kier alpha value is -0.160. The molecule has 0 amide bonds. The first-order chi connectivity index (χ1) is 8.70. The maximum absolute atomic E-state index is 9.71. The molecular formula is C14H26N2O2. The molecule has 4 heteroatoms. The summed E-state index contributed by atoms with van der Waals surface area (Å²) in [4.78, 5) is 2.55. The van der Waals surface area contributed by atoms with Gasteiger partial charge in [-0.1, -0.05) is 0 Å². The fraction of sp³-hybridized carbons (Fsp3) is 1.00. The summed E-state index contributed by atoms with van der Waals surface area (Å²) in [5, 5.41) is 13.3. The first kappa shape index (κ1) is 12.9. The molecule has 0 spiro atoms. The molecular weight excluding hydrogens is 228 g/mol. The topological polar surface area (TPSA) is 44.7 Å². The molecule has 0 aromatic carbocycles. The van der Waals surface area contributed by atoms with Crippen LogP contribution in [0.15, 0.2) is 0 Å². The third-order valence-electron chi connectivity index (χ3n) is 4.63. The highest BCUT2D eigenvalue weighted by molar-refractivity contribution is 4.98. The number of hydrogen-bond donors (Lipinski definition) is 2. The number of fused-ring (bicyclic) bond motifs is 1. The van der Waals surface area contributed by atoms with E-state index >= 15 is 0 Å². The number of nitrogens with zero attached hydrogens (tertiary/aromatic N) is 1. The summed E-state index contributed by atoms with van der Waals surface area (Å²) in [6.07, 6.45) is 6.75. The lowest BCUT2D eigenvalue weighted by Gasteiger charge is -2.43. The van der Waals surface area contributed by atoms with Crippen molar-refractivity contribution in [3.63, 3.8) is 0 Å². The minimum Gasteiger partial charge on any atom is -0.394 e. The summed E-state index contributed by atoms with van der Waals surface area (Å²) in [6.45, 7) is 5.20. The van der Waals surface area contributed by atoms with Crippen molar-refractivity contribution >= 4 is 0 Å². The Bertz CT molecular complexity index is 296. The van der Waals surface area contributed by atoms with Crippen LogP contribution < -0.4 is 5.32 Å². The minimum absolute atomic E-state index is 0.147. The zero-order valence-corrected chi connectivity index (χ0v) is 11.4. The molecule has 4 nitrogen and oxygen atoms in total. The summed E-state index contributed by atoms with van der Waals surface area (Å²) in [7, 11) is 0. The van der Waals surface area contributed by atoms with Crippen molar-refractivity contribution in [2.75, 3.05) is 26.3 Å². The summed E-state index contributed by atoms with van der Waals surface area (Å²) < 4.78 is 5.85. The van der Waals surface area contributed by atoms with Crippen LogP contribution in [0.25, 0.3) is 0 Å². The second kappa shape index (κ2) is 5.08. The van der Waals surface area contributed by atoms with Gasteiger partial charge in [-0.05, 0) is 39.0 Å². The fourth-order valence-corrected chi connectivity index (χ4v) is 3.51. The molecule has 3 unspecified atom stereocenters. The summed E-state index contributed by atoms with van der Waals surface area (Å²) in [5.74, 6) is 0. The van der Waals surface area contributed by atoms with Gasteiger partial charge in [-0.3, -0.25) is 4.90 Å². The second-order valence-electron chi connectivity index (χ2n) is 6.52. The van der Waals surface area contributed by atoms with Crippen LogP contribution >= 0.6 is 0 Å². The zero-order chi connectivity index (χ0) is 12.6. The van der Waals surface area contributed by atoms with E-state index in [9.17, 15) is 5.11 Å². The van der Waals surface area contributed by atoms with Gasteiger partial charge in [0.25, 0.3) is 0 Å². The van der Waals surface area contributed by atoms with Gasteiger partial charge in [0.05, 0.1) is 24.9 Å². The average molecular weight is 254 g/mol. The molecule has 18 heavy (non-hydrogen) atoms. The van der Waals surface area contributed by atoms with Crippen molar-refractivity contribution in [3.05, 3.63) is 0 Å². The third kappa shape index (κ3) is 2.72. The van der Waals surface area contributed by atoms with Crippen LogP contribution in [0, 0.1) is 0 Å². The molecule has 2 aliphatic carbocycles. The zero-order valence-electron chi connectivity index (χ0n) is 11.4. The van der Waals surface area contributed by atoms with Crippen LogP contribution in [0.3, 0.4) is 0 Å². The minimum atomic E-state index is -0.147. The SMILES string of the molecule is CC(CO)(CN1CCOC2CCCC21)NC1CC1. The van der Waals surface area contributed by atoms with Crippen molar-refractivity contribution in [1.29, 1.82) is 0 Å². The Morgan fingerprint density at radius 1 is 1.33 bits per heavy atom. The van der Waals surface area contributed by atoms with Crippen molar-refractivity contribution in [2.24, 2.45) is 0 Å². The molecule has 2 N–H and O–H groups in total. The van der Waals surface area contributed by atoms with Gasteiger partial charge in [-0.15, -0.1) is 0 Å². The first-order valence-electron chi connectivity index (χ1n) is 7.44. The van der Waals surface area contributed by atoms with Gasteiger partial charge in [0.1, 0.15) is 0 Å². The van der Waals surface area contributed by atoms with Gasteiger partial charge in [0.15, 0.2) is 0 Å². The number of aliphatic hydroxyl groups is 1. The Morgan fingerprint density at radius 3 is 2.89 bits per heavy atom. The quantitative estimate of drug-likeness (QED) is 0.760. The number of morpholine rings is 1. The molecule has 3 atom stereocenters. The van der Waals surface area contributed by atoms with E-state index in [2.05, 4.69) is 17.1 Å². The van der Waals surface area contributed by atoms with E-state index in [4.69, 9.17) is 4.74 Å². The molecule has 2 saturated carbocycles. The van der Waals surface area contributed by atoms with E-state index in [1.165, 1.54) is 32.1 Å². The highest BCUT2D eigenvalue weighted by Crippen LogP contribution is 2.31. The van der Waals surface area contributed by atoms with Crippen LogP contribution in [0.4, 0.5) is 0 Å². The highest BCUT2D eigenvalue weighted by Gasteiger charge is 2.40. The van der Waals surface area contributed by atoms with Gasteiger partial charge < -0.3 is 15.2 Å². The fourth-order valence-electron chi connectivity index (χ4n) is 3.51. The van der Waals surface area contributed by atoms with Crippen molar-refractivity contribution in [1.82, 2.24) is 10.2 Å². The largest absolute Gasteiger partial charge is 0.394 e.